The highest BCUT2D eigenvalue weighted by atomic mass is 16.6. The minimum atomic E-state index is -0.751. The van der Waals surface area contributed by atoms with Gasteiger partial charge in [-0.25, -0.2) is 4.79 Å². The van der Waals surface area contributed by atoms with Crippen molar-refractivity contribution in [3.05, 3.63) is 29.3 Å². The van der Waals surface area contributed by atoms with Crippen LogP contribution < -0.4 is 4.90 Å². The van der Waals surface area contributed by atoms with Gasteiger partial charge in [0.1, 0.15) is 11.8 Å². The first-order valence-corrected chi connectivity index (χ1v) is 11.1. The number of rotatable bonds is 7. The van der Waals surface area contributed by atoms with E-state index < -0.39 is 23.2 Å². The highest BCUT2D eigenvalue weighted by Crippen LogP contribution is 2.46. The summed E-state index contributed by atoms with van der Waals surface area (Å²) < 4.78 is 16.4. The standard InChI is InChI=1S/C24H34N2O6/c1-8-30-21(28)24(12-9-13-24)15-10-11-17(26(7)22(29)32-23(2,3)4)16(14-15)18(27)19-20(31-19)25(5)6/h10-11,14,19-20H,8-9,12-13H2,1-7H3. The number of anilines is 1. The summed E-state index contributed by atoms with van der Waals surface area (Å²) in [4.78, 5) is 42.0. The number of amides is 1. The average molecular weight is 447 g/mol. The predicted octanol–water partition coefficient (Wildman–Crippen LogP) is 3.51. The van der Waals surface area contributed by atoms with Gasteiger partial charge in [0.25, 0.3) is 0 Å². The Morgan fingerprint density at radius 2 is 1.81 bits per heavy atom. The first-order valence-electron chi connectivity index (χ1n) is 11.1. The predicted molar refractivity (Wildman–Crippen MR) is 120 cm³/mol. The van der Waals surface area contributed by atoms with Gasteiger partial charge in [-0.1, -0.05) is 12.5 Å². The number of hydrogen-bond acceptors (Lipinski definition) is 7. The number of ketones is 1. The Morgan fingerprint density at radius 1 is 1.16 bits per heavy atom. The zero-order valence-corrected chi connectivity index (χ0v) is 20.1. The van der Waals surface area contributed by atoms with Crippen LogP contribution in [0.4, 0.5) is 10.5 Å². The number of carbonyl (C=O) groups excluding carboxylic acids is 3. The lowest BCUT2D eigenvalue weighted by atomic mass is 9.64. The van der Waals surface area contributed by atoms with E-state index in [2.05, 4.69) is 0 Å². The third-order valence-corrected chi connectivity index (χ3v) is 5.95. The molecule has 176 valence electrons. The Labute approximate surface area is 189 Å². The van der Waals surface area contributed by atoms with E-state index in [-0.39, 0.29) is 18.0 Å². The molecule has 0 spiro atoms. The summed E-state index contributed by atoms with van der Waals surface area (Å²) >= 11 is 0. The van der Waals surface area contributed by atoms with Crippen molar-refractivity contribution in [1.82, 2.24) is 4.90 Å². The molecule has 1 aromatic rings. The summed E-state index contributed by atoms with van der Waals surface area (Å²) in [6.07, 6.45) is 0.751. The second-order valence-electron chi connectivity index (χ2n) is 9.70. The molecule has 8 heteroatoms. The van der Waals surface area contributed by atoms with Gasteiger partial charge < -0.3 is 14.2 Å². The van der Waals surface area contributed by atoms with Gasteiger partial charge in [0.05, 0.1) is 17.7 Å². The number of carbonyl (C=O) groups is 3. The second kappa shape index (κ2) is 8.83. The van der Waals surface area contributed by atoms with Crippen LogP contribution in [0.5, 0.6) is 0 Å². The lowest BCUT2D eigenvalue weighted by Crippen LogP contribution is -2.44. The molecule has 1 saturated heterocycles. The summed E-state index contributed by atoms with van der Waals surface area (Å²) in [6, 6.07) is 5.24. The maximum absolute atomic E-state index is 13.4. The van der Waals surface area contributed by atoms with Crippen molar-refractivity contribution in [3.63, 3.8) is 0 Å². The maximum atomic E-state index is 13.4. The Balaban J connectivity index is 2.01. The first-order chi connectivity index (χ1) is 14.9. The van der Waals surface area contributed by atoms with Crippen molar-refractivity contribution >= 4 is 23.5 Å². The fourth-order valence-electron chi connectivity index (χ4n) is 4.00. The van der Waals surface area contributed by atoms with Crippen molar-refractivity contribution in [3.8, 4) is 0 Å². The minimum Gasteiger partial charge on any atom is -0.465 e. The molecule has 1 amide bonds. The molecule has 3 rings (SSSR count). The number of Topliss-reactive ketones (excluding diaryl/α,β-unsaturated/α-hetero) is 1. The molecule has 2 fully saturated rings. The molecule has 1 heterocycles. The SMILES string of the molecule is CCOC(=O)C1(c2ccc(N(C)C(=O)OC(C)(C)C)c(C(=O)C3OC3N(C)C)c2)CCC1. The molecule has 0 aromatic heterocycles. The van der Waals surface area contributed by atoms with Crippen molar-refractivity contribution in [2.45, 2.75) is 70.3 Å². The van der Waals surface area contributed by atoms with Crippen LogP contribution in [0.1, 0.15) is 62.9 Å². The number of esters is 1. The van der Waals surface area contributed by atoms with Crippen LogP contribution in [0.15, 0.2) is 18.2 Å². The Bertz CT molecular complexity index is 900. The highest BCUT2D eigenvalue weighted by Gasteiger charge is 2.50. The van der Waals surface area contributed by atoms with Crippen LogP contribution in [0, 0.1) is 0 Å². The molecule has 2 unspecified atom stereocenters. The summed E-state index contributed by atoms with van der Waals surface area (Å²) in [5.41, 5.74) is 0.0544. The summed E-state index contributed by atoms with van der Waals surface area (Å²) in [6.45, 7) is 7.43. The quantitative estimate of drug-likeness (QED) is 0.360. The average Bonchev–Trinajstić information content (AvgIpc) is 3.46. The summed E-state index contributed by atoms with van der Waals surface area (Å²) in [5, 5.41) is 0. The first kappa shape index (κ1) is 24.2. The normalized spacial score (nSPS) is 21.5. The molecule has 1 aliphatic carbocycles. The fourth-order valence-corrected chi connectivity index (χ4v) is 4.00. The monoisotopic (exact) mass is 446 g/mol. The van der Waals surface area contributed by atoms with Gasteiger partial charge in [0.15, 0.2) is 11.9 Å². The van der Waals surface area contributed by atoms with E-state index in [4.69, 9.17) is 14.2 Å². The zero-order chi connectivity index (χ0) is 23.8. The number of ether oxygens (including phenoxy) is 3. The van der Waals surface area contributed by atoms with Crippen molar-refractivity contribution < 1.29 is 28.6 Å². The van der Waals surface area contributed by atoms with E-state index in [0.717, 1.165) is 12.0 Å². The van der Waals surface area contributed by atoms with Gasteiger partial charge in [-0.3, -0.25) is 19.4 Å². The zero-order valence-electron chi connectivity index (χ0n) is 20.1. The molecule has 1 aliphatic heterocycles. The van der Waals surface area contributed by atoms with Crippen molar-refractivity contribution in [1.29, 1.82) is 0 Å². The number of epoxide rings is 1. The van der Waals surface area contributed by atoms with E-state index in [1.807, 2.05) is 19.0 Å². The van der Waals surface area contributed by atoms with E-state index in [1.165, 1.54) is 4.90 Å². The molecular formula is C24H34N2O6. The molecule has 8 nitrogen and oxygen atoms in total. The molecule has 0 bridgehead atoms. The topological polar surface area (TPSA) is 88.7 Å². The van der Waals surface area contributed by atoms with E-state index >= 15 is 0 Å². The van der Waals surface area contributed by atoms with Gasteiger partial charge >= 0.3 is 12.1 Å². The molecule has 32 heavy (non-hydrogen) atoms. The van der Waals surface area contributed by atoms with Crippen LogP contribution in [0.2, 0.25) is 0 Å². The van der Waals surface area contributed by atoms with Gasteiger partial charge in [-0.15, -0.1) is 0 Å². The van der Waals surface area contributed by atoms with Crippen LogP contribution in [-0.2, 0) is 24.4 Å². The molecule has 2 aliphatic rings. The maximum Gasteiger partial charge on any atom is 0.414 e. The smallest absolute Gasteiger partial charge is 0.414 e. The largest absolute Gasteiger partial charge is 0.465 e. The molecule has 0 N–H and O–H groups in total. The highest BCUT2D eigenvalue weighted by molar-refractivity contribution is 6.08. The van der Waals surface area contributed by atoms with E-state index in [0.29, 0.717) is 30.7 Å². The van der Waals surface area contributed by atoms with Gasteiger partial charge in [-0.2, -0.15) is 0 Å². The van der Waals surface area contributed by atoms with Crippen LogP contribution in [-0.4, -0.2) is 68.4 Å². The molecule has 1 saturated carbocycles. The van der Waals surface area contributed by atoms with Crippen LogP contribution in [0.3, 0.4) is 0 Å². The lowest BCUT2D eigenvalue weighted by Gasteiger charge is -2.40. The van der Waals surface area contributed by atoms with Crippen molar-refractivity contribution in [2.24, 2.45) is 0 Å². The molecule has 2 atom stereocenters. The number of hydrogen-bond donors (Lipinski definition) is 0. The number of likely N-dealkylation sites (N-methyl/N-ethyl adjacent to an activating group) is 1. The van der Waals surface area contributed by atoms with Gasteiger partial charge in [0.2, 0.25) is 0 Å². The lowest BCUT2D eigenvalue weighted by molar-refractivity contribution is -0.153. The van der Waals surface area contributed by atoms with Gasteiger partial charge in [-0.05, 0) is 72.3 Å². The van der Waals surface area contributed by atoms with E-state index in [1.54, 1.807) is 52.9 Å². The molecular weight excluding hydrogens is 412 g/mol. The van der Waals surface area contributed by atoms with Crippen LogP contribution >= 0.6 is 0 Å². The Kier molecular flexibility index (Phi) is 6.67. The summed E-state index contributed by atoms with van der Waals surface area (Å²) in [5.74, 6) is -0.499. The number of nitrogens with zero attached hydrogens (tertiary/aromatic N) is 2. The summed E-state index contributed by atoms with van der Waals surface area (Å²) in [7, 11) is 5.25. The minimum absolute atomic E-state index is 0.228. The van der Waals surface area contributed by atoms with Crippen LogP contribution in [0.25, 0.3) is 0 Å². The second-order valence-corrected chi connectivity index (χ2v) is 9.70. The third-order valence-electron chi connectivity index (χ3n) is 5.95. The van der Waals surface area contributed by atoms with Gasteiger partial charge in [0, 0.05) is 12.6 Å². The fraction of sp³-hybridized carbons (Fsp3) is 0.625. The Hall–Kier alpha value is -2.45. The Morgan fingerprint density at radius 3 is 2.28 bits per heavy atom. The van der Waals surface area contributed by atoms with E-state index in [9.17, 15) is 14.4 Å². The molecule has 1 aromatic carbocycles. The molecule has 0 radical (unpaired) electrons. The van der Waals surface area contributed by atoms with Crippen molar-refractivity contribution in [2.75, 3.05) is 32.6 Å². The third kappa shape index (κ3) is 4.66. The number of benzene rings is 1.